The lowest BCUT2D eigenvalue weighted by molar-refractivity contribution is 0.172. The van der Waals surface area contributed by atoms with Gasteiger partial charge in [-0.3, -0.25) is 4.68 Å². The van der Waals surface area contributed by atoms with E-state index in [0.717, 1.165) is 0 Å². The van der Waals surface area contributed by atoms with Crippen molar-refractivity contribution in [2.24, 2.45) is 7.05 Å². The molecule has 1 heterocycles. The summed E-state index contributed by atoms with van der Waals surface area (Å²) in [6.45, 7) is 0. The molecule has 96 valence electrons. The van der Waals surface area contributed by atoms with Crippen LogP contribution in [0.5, 0.6) is 0 Å². The second-order valence-corrected chi connectivity index (χ2v) is 4.03. The normalized spacial score (nSPS) is 12.7. The molecule has 0 amide bonds. The third kappa shape index (κ3) is 2.53. The summed E-state index contributed by atoms with van der Waals surface area (Å²) in [4.78, 5) is 0. The van der Waals surface area contributed by atoms with E-state index in [4.69, 9.17) is 0 Å². The number of nitrogens with zero attached hydrogens (tertiary/aromatic N) is 2. The van der Waals surface area contributed by atoms with Crippen LogP contribution in [0.4, 0.5) is 13.2 Å². The molecule has 0 radical (unpaired) electrons. The summed E-state index contributed by atoms with van der Waals surface area (Å²) in [5.41, 5.74) is 0.409. The molecule has 1 atom stereocenters. The lowest BCUT2D eigenvalue weighted by atomic mass is 10.0. The van der Waals surface area contributed by atoms with Crippen LogP contribution in [0.25, 0.3) is 0 Å². The van der Waals surface area contributed by atoms with Crippen LogP contribution in [-0.2, 0) is 13.5 Å². The fourth-order valence-electron chi connectivity index (χ4n) is 1.70. The number of benzene rings is 1. The quantitative estimate of drug-likeness (QED) is 0.854. The van der Waals surface area contributed by atoms with Crippen molar-refractivity contribution in [2.75, 3.05) is 0 Å². The zero-order valence-corrected chi connectivity index (χ0v) is 9.57. The minimum absolute atomic E-state index is 0.0792. The number of halogens is 3. The maximum Gasteiger partial charge on any atom is 0.161 e. The first-order valence-corrected chi connectivity index (χ1v) is 5.27. The zero-order chi connectivity index (χ0) is 13.3. The van der Waals surface area contributed by atoms with E-state index in [2.05, 4.69) is 5.10 Å². The van der Waals surface area contributed by atoms with Crippen molar-refractivity contribution in [3.05, 3.63) is 53.1 Å². The van der Waals surface area contributed by atoms with E-state index in [-0.39, 0.29) is 12.0 Å². The van der Waals surface area contributed by atoms with Gasteiger partial charge >= 0.3 is 0 Å². The molecule has 0 spiro atoms. The van der Waals surface area contributed by atoms with Crippen molar-refractivity contribution in [2.45, 2.75) is 12.5 Å². The first-order valence-electron chi connectivity index (χ1n) is 5.27. The first kappa shape index (κ1) is 12.6. The highest BCUT2D eigenvalue weighted by atomic mass is 19.2. The van der Waals surface area contributed by atoms with Crippen LogP contribution in [0.2, 0.25) is 0 Å². The van der Waals surface area contributed by atoms with Gasteiger partial charge in [-0.2, -0.15) is 5.10 Å². The Morgan fingerprint density at radius 2 is 1.89 bits per heavy atom. The molecule has 0 saturated carbocycles. The summed E-state index contributed by atoms with van der Waals surface area (Å²) < 4.78 is 40.7. The van der Waals surface area contributed by atoms with Crippen molar-refractivity contribution < 1.29 is 18.3 Å². The molecule has 0 aliphatic carbocycles. The van der Waals surface area contributed by atoms with E-state index >= 15 is 0 Å². The molecule has 2 aromatic rings. The summed E-state index contributed by atoms with van der Waals surface area (Å²) in [5, 5.41) is 13.7. The molecule has 1 N–H and O–H groups in total. The summed E-state index contributed by atoms with van der Waals surface area (Å²) >= 11 is 0. The number of aliphatic hydroxyl groups is 1. The van der Waals surface area contributed by atoms with Gasteiger partial charge in [-0.05, 0) is 11.6 Å². The molecule has 1 aromatic carbocycles. The van der Waals surface area contributed by atoms with Gasteiger partial charge in [-0.15, -0.1) is 0 Å². The second-order valence-electron chi connectivity index (χ2n) is 4.03. The highest BCUT2D eigenvalue weighted by Gasteiger charge is 2.17. The zero-order valence-electron chi connectivity index (χ0n) is 9.57. The van der Waals surface area contributed by atoms with Gasteiger partial charge in [0.25, 0.3) is 0 Å². The van der Waals surface area contributed by atoms with Crippen LogP contribution in [0, 0.1) is 17.5 Å². The Morgan fingerprint density at radius 1 is 1.22 bits per heavy atom. The summed E-state index contributed by atoms with van der Waals surface area (Å²) in [6, 6.07) is 1.10. The fourth-order valence-corrected chi connectivity index (χ4v) is 1.70. The molecule has 1 aromatic heterocycles. The Labute approximate surface area is 101 Å². The van der Waals surface area contributed by atoms with Gasteiger partial charge in [0.2, 0.25) is 0 Å². The van der Waals surface area contributed by atoms with E-state index in [1.807, 2.05) is 0 Å². The molecule has 2 rings (SSSR count). The van der Waals surface area contributed by atoms with Gasteiger partial charge < -0.3 is 5.11 Å². The number of aromatic nitrogens is 2. The van der Waals surface area contributed by atoms with E-state index in [0.29, 0.717) is 17.7 Å². The van der Waals surface area contributed by atoms with Crippen molar-refractivity contribution in [1.29, 1.82) is 0 Å². The second kappa shape index (κ2) is 4.81. The number of aryl methyl sites for hydroxylation is 1. The molecule has 0 aliphatic rings. The molecule has 6 heteroatoms. The number of rotatable bonds is 3. The third-order valence-corrected chi connectivity index (χ3v) is 2.59. The first-order chi connectivity index (χ1) is 8.47. The smallest absolute Gasteiger partial charge is 0.161 e. The van der Waals surface area contributed by atoms with Crippen LogP contribution in [0.3, 0.4) is 0 Å². The maximum absolute atomic E-state index is 13.4. The number of hydrogen-bond acceptors (Lipinski definition) is 2. The predicted octanol–water partition coefficient (Wildman–Crippen LogP) is 2.11. The SMILES string of the molecule is Cn1cc(CC(O)c2cc(F)c(F)cc2F)cn1. The Morgan fingerprint density at radius 3 is 2.50 bits per heavy atom. The van der Waals surface area contributed by atoms with E-state index in [1.165, 1.54) is 10.9 Å². The Hall–Kier alpha value is -1.82. The minimum Gasteiger partial charge on any atom is -0.388 e. The van der Waals surface area contributed by atoms with Crippen molar-refractivity contribution in [3.63, 3.8) is 0 Å². The van der Waals surface area contributed by atoms with E-state index in [1.54, 1.807) is 13.2 Å². The van der Waals surface area contributed by atoms with Crippen molar-refractivity contribution >= 4 is 0 Å². The van der Waals surface area contributed by atoms with Crippen LogP contribution in [-0.4, -0.2) is 14.9 Å². The molecule has 0 fully saturated rings. The van der Waals surface area contributed by atoms with Crippen LogP contribution in [0.15, 0.2) is 24.5 Å². The van der Waals surface area contributed by atoms with Crippen molar-refractivity contribution in [1.82, 2.24) is 9.78 Å². The maximum atomic E-state index is 13.4. The van der Waals surface area contributed by atoms with E-state index in [9.17, 15) is 18.3 Å². The average molecular weight is 256 g/mol. The van der Waals surface area contributed by atoms with Crippen LogP contribution in [0.1, 0.15) is 17.2 Å². The monoisotopic (exact) mass is 256 g/mol. The molecule has 0 saturated heterocycles. The molecule has 1 unspecified atom stereocenters. The predicted molar refractivity (Wildman–Crippen MR) is 58.2 cm³/mol. The largest absolute Gasteiger partial charge is 0.388 e. The number of aliphatic hydroxyl groups excluding tert-OH is 1. The summed E-state index contributed by atoms with van der Waals surface area (Å²) in [5.74, 6) is -3.42. The van der Waals surface area contributed by atoms with Gasteiger partial charge in [0, 0.05) is 31.3 Å². The van der Waals surface area contributed by atoms with E-state index < -0.39 is 23.6 Å². The lowest BCUT2D eigenvalue weighted by Gasteiger charge is -2.11. The molecule has 0 aliphatic heterocycles. The Kier molecular flexibility index (Phi) is 3.38. The number of hydrogen-bond donors (Lipinski definition) is 1. The highest BCUT2D eigenvalue weighted by Crippen LogP contribution is 2.23. The van der Waals surface area contributed by atoms with Crippen molar-refractivity contribution in [3.8, 4) is 0 Å². The molecule has 3 nitrogen and oxygen atoms in total. The molecule has 18 heavy (non-hydrogen) atoms. The van der Waals surface area contributed by atoms with Gasteiger partial charge in [0.15, 0.2) is 11.6 Å². The lowest BCUT2D eigenvalue weighted by Crippen LogP contribution is -2.05. The fraction of sp³-hybridized carbons (Fsp3) is 0.250. The molecular weight excluding hydrogens is 245 g/mol. The molecular formula is C12H11F3N2O. The van der Waals surface area contributed by atoms with Gasteiger partial charge in [0.05, 0.1) is 12.3 Å². The van der Waals surface area contributed by atoms with Gasteiger partial charge in [0.1, 0.15) is 5.82 Å². The molecule has 0 bridgehead atoms. The standard InChI is InChI=1S/C12H11F3N2O/c1-17-6-7(5-16-17)2-12(18)8-3-10(14)11(15)4-9(8)13/h3-6,12,18H,2H2,1H3. The third-order valence-electron chi connectivity index (χ3n) is 2.59. The topological polar surface area (TPSA) is 38.0 Å². The average Bonchev–Trinajstić information content (AvgIpc) is 2.69. The van der Waals surface area contributed by atoms with Crippen LogP contribution < -0.4 is 0 Å². The van der Waals surface area contributed by atoms with Gasteiger partial charge in [-0.25, -0.2) is 13.2 Å². The minimum atomic E-state index is -1.27. The Bertz CT molecular complexity index is 568. The van der Waals surface area contributed by atoms with Crippen LogP contribution >= 0.6 is 0 Å². The van der Waals surface area contributed by atoms with Gasteiger partial charge in [-0.1, -0.05) is 0 Å². The highest BCUT2D eigenvalue weighted by molar-refractivity contribution is 5.24. The summed E-state index contributed by atoms with van der Waals surface area (Å²) in [6.07, 6.45) is 2.00. The Balaban J connectivity index is 2.23. The summed E-state index contributed by atoms with van der Waals surface area (Å²) in [7, 11) is 1.70.